The number of carbonyl (C=O) groups excluding carboxylic acids is 2. The zero-order valence-corrected chi connectivity index (χ0v) is 17.2. The largest absolute Gasteiger partial charge is 0.349 e. The standard InChI is InChI=1S/C20H17Cl2N3O2S/c1-12(14-7-8-16(21)17(22)9-14)23-18(26)10-15-11-28-20(24-15)25-19(27)13-5-3-2-4-6-13/h2-9,11-12H,10H2,1H3,(H,23,26)(H,24,25,27). The van der Waals surface area contributed by atoms with E-state index in [-0.39, 0.29) is 24.3 Å². The van der Waals surface area contributed by atoms with Gasteiger partial charge < -0.3 is 5.32 Å². The van der Waals surface area contributed by atoms with Gasteiger partial charge in [0.05, 0.1) is 28.2 Å². The van der Waals surface area contributed by atoms with Crippen molar-refractivity contribution in [2.45, 2.75) is 19.4 Å². The Kier molecular flexibility index (Phi) is 6.67. The molecule has 28 heavy (non-hydrogen) atoms. The molecule has 1 unspecified atom stereocenters. The fourth-order valence-corrected chi connectivity index (χ4v) is 3.54. The van der Waals surface area contributed by atoms with Crippen molar-refractivity contribution >= 4 is 51.5 Å². The quantitative estimate of drug-likeness (QED) is 0.566. The first kappa shape index (κ1) is 20.3. The van der Waals surface area contributed by atoms with Crippen LogP contribution in [0.1, 0.15) is 34.6 Å². The summed E-state index contributed by atoms with van der Waals surface area (Å²) in [6.45, 7) is 1.87. The van der Waals surface area contributed by atoms with E-state index in [9.17, 15) is 9.59 Å². The fourth-order valence-electron chi connectivity index (χ4n) is 2.53. The van der Waals surface area contributed by atoms with Crippen molar-refractivity contribution in [1.29, 1.82) is 0 Å². The Labute approximate surface area is 176 Å². The Morgan fingerprint density at radius 1 is 1.11 bits per heavy atom. The molecule has 3 aromatic rings. The number of nitrogens with zero attached hydrogens (tertiary/aromatic N) is 1. The molecule has 0 radical (unpaired) electrons. The number of nitrogens with one attached hydrogen (secondary N) is 2. The molecule has 144 valence electrons. The van der Waals surface area contributed by atoms with Crippen molar-refractivity contribution < 1.29 is 9.59 Å². The smallest absolute Gasteiger partial charge is 0.257 e. The zero-order valence-electron chi connectivity index (χ0n) is 14.9. The van der Waals surface area contributed by atoms with Gasteiger partial charge in [0, 0.05) is 10.9 Å². The molecule has 3 rings (SSSR count). The Morgan fingerprint density at radius 2 is 1.86 bits per heavy atom. The van der Waals surface area contributed by atoms with E-state index in [0.717, 1.165) is 5.56 Å². The van der Waals surface area contributed by atoms with E-state index < -0.39 is 0 Å². The van der Waals surface area contributed by atoms with Gasteiger partial charge in [0.1, 0.15) is 0 Å². The molecule has 0 saturated carbocycles. The molecular weight excluding hydrogens is 417 g/mol. The van der Waals surface area contributed by atoms with Gasteiger partial charge >= 0.3 is 0 Å². The van der Waals surface area contributed by atoms with Crippen LogP contribution in [-0.4, -0.2) is 16.8 Å². The van der Waals surface area contributed by atoms with E-state index in [0.29, 0.717) is 26.4 Å². The maximum Gasteiger partial charge on any atom is 0.257 e. The van der Waals surface area contributed by atoms with E-state index in [1.165, 1.54) is 11.3 Å². The first-order valence-electron chi connectivity index (χ1n) is 8.47. The molecule has 0 aliphatic carbocycles. The molecule has 0 fully saturated rings. The van der Waals surface area contributed by atoms with Gasteiger partial charge in [-0.3, -0.25) is 14.9 Å². The molecule has 2 amide bonds. The lowest BCUT2D eigenvalue weighted by Crippen LogP contribution is -2.28. The summed E-state index contributed by atoms with van der Waals surface area (Å²) >= 11 is 13.2. The summed E-state index contributed by atoms with van der Waals surface area (Å²) in [7, 11) is 0. The summed E-state index contributed by atoms with van der Waals surface area (Å²) in [5.41, 5.74) is 2.00. The van der Waals surface area contributed by atoms with Crippen LogP contribution < -0.4 is 10.6 Å². The molecule has 1 atom stereocenters. The summed E-state index contributed by atoms with van der Waals surface area (Å²) in [5.74, 6) is -0.413. The molecule has 0 saturated heterocycles. The molecular formula is C20H17Cl2N3O2S. The topological polar surface area (TPSA) is 71.1 Å². The third-order valence-electron chi connectivity index (χ3n) is 3.97. The number of hydrogen-bond donors (Lipinski definition) is 2. The Morgan fingerprint density at radius 3 is 2.57 bits per heavy atom. The minimum Gasteiger partial charge on any atom is -0.349 e. The molecule has 0 aliphatic heterocycles. The van der Waals surface area contributed by atoms with E-state index >= 15 is 0 Å². The number of amides is 2. The summed E-state index contributed by atoms with van der Waals surface area (Å²) < 4.78 is 0. The minimum atomic E-state index is -0.237. The number of aromatic nitrogens is 1. The number of carbonyl (C=O) groups is 2. The lowest BCUT2D eigenvalue weighted by Gasteiger charge is -2.14. The van der Waals surface area contributed by atoms with E-state index in [1.54, 1.807) is 41.8 Å². The third-order valence-corrected chi connectivity index (χ3v) is 5.52. The molecule has 0 spiro atoms. The van der Waals surface area contributed by atoms with E-state index in [4.69, 9.17) is 23.2 Å². The van der Waals surface area contributed by atoms with Crippen molar-refractivity contribution in [3.05, 3.63) is 80.8 Å². The maximum absolute atomic E-state index is 12.3. The molecule has 2 aromatic carbocycles. The van der Waals surface area contributed by atoms with Crippen LogP contribution in [0.5, 0.6) is 0 Å². The van der Waals surface area contributed by atoms with Crippen LogP contribution in [0.25, 0.3) is 0 Å². The van der Waals surface area contributed by atoms with Gasteiger partial charge in [0.15, 0.2) is 5.13 Å². The van der Waals surface area contributed by atoms with Gasteiger partial charge in [-0.2, -0.15) is 0 Å². The second-order valence-electron chi connectivity index (χ2n) is 6.10. The van der Waals surface area contributed by atoms with Gasteiger partial charge in [-0.15, -0.1) is 11.3 Å². The SMILES string of the molecule is CC(NC(=O)Cc1csc(NC(=O)c2ccccc2)n1)c1ccc(Cl)c(Cl)c1. The Bertz CT molecular complexity index is 992. The molecule has 1 heterocycles. The zero-order chi connectivity index (χ0) is 20.1. The summed E-state index contributed by atoms with van der Waals surface area (Å²) in [4.78, 5) is 28.8. The molecule has 0 bridgehead atoms. The van der Waals surface area contributed by atoms with Crippen LogP contribution in [0.3, 0.4) is 0 Å². The summed E-state index contributed by atoms with van der Waals surface area (Å²) in [6.07, 6.45) is 0.114. The Balaban J connectivity index is 1.56. The summed E-state index contributed by atoms with van der Waals surface area (Å²) in [5, 5.41) is 8.76. The van der Waals surface area contributed by atoms with Crippen molar-refractivity contribution in [3.63, 3.8) is 0 Å². The van der Waals surface area contributed by atoms with Crippen molar-refractivity contribution in [2.24, 2.45) is 0 Å². The Hall–Kier alpha value is -2.41. The molecule has 5 nitrogen and oxygen atoms in total. The van der Waals surface area contributed by atoms with Gasteiger partial charge in [0.2, 0.25) is 5.91 Å². The maximum atomic E-state index is 12.3. The predicted molar refractivity (Wildman–Crippen MR) is 113 cm³/mol. The van der Waals surface area contributed by atoms with Crippen LogP contribution >= 0.6 is 34.5 Å². The monoisotopic (exact) mass is 433 g/mol. The molecule has 8 heteroatoms. The normalized spacial score (nSPS) is 11.7. The van der Waals surface area contributed by atoms with E-state index in [2.05, 4.69) is 15.6 Å². The van der Waals surface area contributed by atoms with Crippen LogP contribution in [-0.2, 0) is 11.2 Å². The first-order chi connectivity index (χ1) is 13.4. The molecule has 2 N–H and O–H groups in total. The third kappa shape index (κ3) is 5.32. The highest BCUT2D eigenvalue weighted by Gasteiger charge is 2.14. The highest BCUT2D eigenvalue weighted by Crippen LogP contribution is 2.25. The highest BCUT2D eigenvalue weighted by atomic mass is 35.5. The second kappa shape index (κ2) is 9.19. The fraction of sp³-hybridized carbons (Fsp3) is 0.150. The lowest BCUT2D eigenvalue weighted by atomic mass is 10.1. The van der Waals surface area contributed by atoms with Crippen molar-refractivity contribution in [1.82, 2.24) is 10.3 Å². The highest BCUT2D eigenvalue weighted by molar-refractivity contribution is 7.14. The number of hydrogen-bond acceptors (Lipinski definition) is 4. The second-order valence-corrected chi connectivity index (χ2v) is 7.78. The number of thiazole rings is 1. The summed E-state index contributed by atoms with van der Waals surface area (Å²) in [6, 6.07) is 13.9. The van der Waals surface area contributed by atoms with Gasteiger partial charge in [0.25, 0.3) is 5.91 Å². The predicted octanol–water partition coefficient (Wildman–Crippen LogP) is 5.12. The van der Waals surface area contributed by atoms with Crippen LogP contribution in [0.2, 0.25) is 10.0 Å². The average molecular weight is 434 g/mol. The number of benzene rings is 2. The lowest BCUT2D eigenvalue weighted by molar-refractivity contribution is -0.121. The van der Waals surface area contributed by atoms with Crippen LogP contribution in [0.15, 0.2) is 53.9 Å². The number of rotatable bonds is 6. The van der Waals surface area contributed by atoms with Gasteiger partial charge in [-0.25, -0.2) is 4.98 Å². The molecule has 1 aromatic heterocycles. The van der Waals surface area contributed by atoms with Gasteiger partial charge in [-0.05, 0) is 36.8 Å². The minimum absolute atomic E-state index is 0.114. The van der Waals surface area contributed by atoms with Crippen LogP contribution in [0.4, 0.5) is 5.13 Å². The first-order valence-corrected chi connectivity index (χ1v) is 10.1. The molecule has 0 aliphatic rings. The van der Waals surface area contributed by atoms with E-state index in [1.807, 2.05) is 19.1 Å². The van der Waals surface area contributed by atoms with Crippen molar-refractivity contribution in [3.8, 4) is 0 Å². The van der Waals surface area contributed by atoms with Gasteiger partial charge in [-0.1, -0.05) is 47.5 Å². The average Bonchev–Trinajstić information content (AvgIpc) is 3.11. The number of halogens is 2. The number of anilines is 1. The van der Waals surface area contributed by atoms with Crippen molar-refractivity contribution in [2.75, 3.05) is 5.32 Å². The van der Waals surface area contributed by atoms with Crippen LogP contribution in [0, 0.1) is 0 Å².